The number of aliphatic hydroxyl groups excluding tert-OH is 1. The van der Waals surface area contributed by atoms with Crippen LogP contribution in [0.25, 0.3) is 0 Å². The smallest absolute Gasteiger partial charge is 0.237 e. The summed E-state index contributed by atoms with van der Waals surface area (Å²) in [5, 5.41) is 15.5. The minimum Gasteiger partial charge on any atom is -0.486 e. The first kappa shape index (κ1) is 15.6. The summed E-state index contributed by atoms with van der Waals surface area (Å²) in [5.74, 6) is 1.30. The number of fused-ring (bicyclic) bond motifs is 1. The van der Waals surface area contributed by atoms with Gasteiger partial charge in [0, 0.05) is 11.0 Å². The van der Waals surface area contributed by atoms with Crippen LogP contribution in [0.1, 0.15) is 24.9 Å². The lowest BCUT2D eigenvalue weighted by Gasteiger charge is -2.23. The van der Waals surface area contributed by atoms with Gasteiger partial charge in [0.2, 0.25) is 5.91 Å². The van der Waals surface area contributed by atoms with Gasteiger partial charge < -0.3 is 25.2 Å². The Morgan fingerprint density at radius 2 is 2.09 bits per heavy atom. The van der Waals surface area contributed by atoms with Gasteiger partial charge in [0.1, 0.15) is 13.2 Å². The fourth-order valence-corrected chi connectivity index (χ4v) is 3.39. The van der Waals surface area contributed by atoms with Crippen LogP contribution < -0.4 is 20.1 Å². The third kappa shape index (κ3) is 3.21. The van der Waals surface area contributed by atoms with Gasteiger partial charge in [-0.15, -0.1) is 0 Å². The van der Waals surface area contributed by atoms with E-state index in [1.54, 1.807) is 0 Å². The van der Waals surface area contributed by atoms with E-state index in [9.17, 15) is 9.90 Å². The number of hydrogen-bond acceptors (Lipinski definition) is 5. The third-order valence-electron chi connectivity index (χ3n) is 3.91. The minimum absolute atomic E-state index is 0.106. The summed E-state index contributed by atoms with van der Waals surface area (Å²) >= 11 is 3.52. The van der Waals surface area contributed by atoms with Crippen molar-refractivity contribution in [3.05, 3.63) is 22.2 Å². The predicted molar refractivity (Wildman–Crippen MR) is 84.1 cm³/mol. The molecular formula is C15H19BrN2O4. The van der Waals surface area contributed by atoms with Crippen LogP contribution in [0.15, 0.2) is 16.6 Å². The van der Waals surface area contributed by atoms with E-state index < -0.39 is 6.10 Å². The standard InChI is InChI=1S/C15H19BrN2O4/c1-8(18-15(20)12-4-9(19)7-17-12)10-5-13-14(6-11(10)16)22-3-2-21-13/h5-6,8-9,12,17,19H,2-4,7H2,1H3,(H,18,20)/t8-,9+,12+/m0/s1. The van der Waals surface area contributed by atoms with Crippen LogP contribution in [-0.4, -0.2) is 42.9 Å². The van der Waals surface area contributed by atoms with Gasteiger partial charge in [-0.2, -0.15) is 0 Å². The molecule has 2 aliphatic heterocycles. The average Bonchev–Trinajstić information content (AvgIpc) is 2.93. The molecule has 1 aromatic carbocycles. The normalized spacial score (nSPS) is 24.9. The highest BCUT2D eigenvalue weighted by atomic mass is 79.9. The number of halogens is 1. The van der Waals surface area contributed by atoms with Crippen LogP contribution in [0.4, 0.5) is 0 Å². The molecule has 3 N–H and O–H groups in total. The molecule has 1 aromatic rings. The van der Waals surface area contributed by atoms with Gasteiger partial charge in [-0.3, -0.25) is 4.79 Å². The highest BCUT2D eigenvalue weighted by Crippen LogP contribution is 2.37. The number of amides is 1. The van der Waals surface area contributed by atoms with Crippen molar-refractivity contribution >= 4 is 21.8 Å². The molecule has 0 saturated carbocycles. The Kier molecular flexibility index (Phi) is 4.56. The lowest BCUT2D eigenvalue weighted by molar-refractivity contribution is -0.123. The molecule has 2 heterocycles. The summed E-state index contributed by atoms with van der Waals surface area (Å²) in [4.78, 5) is 12.2. The number of β-amino-alcohol motifs (C(OH)–C–C–N with tert-alkyl or cyclic N) is 1. The van der Waals surface area contributed by atoms with Gasteiger partial charge in [0.05, 0.1) is 18.2 Å². The molecule has 2 aliphatic rings. The van der Waals surface area contributed by atoms with E-state index in [4.69, 9.17) is 9.47 Å². The fraction of sp³-hybridized carbons (Fsp3) is 0.533. The molecule has 1 saturated heterocycles. The molecule has 7 heteroatoms. The molecule has 0 aromatic heterocycles. The van der Waals surface area contributed by atoms with Crippen molar-refractivity contribution in [2.24, 2.45) is 0 Å². The zero-order valence-electron chi connectivity index (χ0n) is 12.3. The quantitative estimate of drug-likeness (QED) is 0.742. The van der Waals surface area contributed by atoms with Gasteiger partial charge in [-0.05, 0) is 31.0 Å². The Balaban J connectivity index is 1.71. The maximum Gasteiger partial charge on any atom is 0.237 e. The van der Waals surface area contributed by atoms with Gasteiger partial charge in [-0.25, -0.2) is 0 Å². The Bertz CT molecular complexity index is 581. The molecule has 3 atom stereocenters. The van der Waals surface area contributed by atoms with Crippen molar-refractivity contribution in [1.29, 1.82) is 0 Å². The molecule has 0 unspecified atom stereocenters. The average molecular weight is 371 g/mol. The summed E-state index contributed by atoms with van der Waals surface area (Å²) < 4.78 is 12.0. The maximum atomic E-state index is 12.2. The van der Waals surface area contributed by atoms with E-state index in [0.717, 1.165) is 10.0 Å². The molecule has 1 amide bonds. The lowest BCUT2D eigenvalue weighted by atomic mass is 10.1. The topological polar surface area (TPSA) is 79.8 Å². The van der Waals surface area contributed by atoms with Crippen molar-refractivity contribution in [2.75, 3.05) is 19.8 Å². The highest BCUT2D eigenvalue weighted by Gasteiger charge is 2.29. The van der Waals surface area contributed by atoms with E-state index in [2.05, 4.69) is 26.6 Å². The zero-order chi connectivity index (χ0) is 15.7. The van der Waals surface area contributed by atoms with Gasteiger partial charge in [0.25, 0.3) is 0 Å². The molecule has 0 bridgehead atoms. The zero-order valence-corrected chi connectivity index (χ0v) is 13.9. The second-order valence-corrected chi connectivity index (χ2v) is 6.45. The number of hydrogen-bond donors (Lipinski definition) is 3. The van der Waals surface area contributed by atoms with Gasteiger partial charge >= 0.3 is 0 Å². The predicted octanol–water partition coefficient (Wildman–Crippen LogP) is 1.12. The molecule has 22 heavy (non-hydrogen) atoms. The number of aliphatic hydroxyl groups is 1. The summed E-state index contributed by atoms with van der Waals surface area (Å²) in [7, 11) is 0. The first-order valence-electron chi connectivity index (χ1n) is 7.35. The van der Waals surface area contributed by atoms with Crippen molar-refractivity contribution < 1.29 is 19.4 Å². The highest BCUT2D eigenvalue weighted by molar-refractivity contribution is 9.10. The van der Waals surface area contributed by atoms with E-state index in [1.165, 1.54) is 0 Å². The number of carbonyl (C=O) groups excluding carboxylic acids is 1. The number of nitrogens with one attached hydrogen (secondary N) is 2. The van der Waals surface area contributed by atoms with E-state index >= 15 is 0 Å². The van der Waals surface area contributed by atoms with Crippen LogP contribution in [-0.2, 0) is 4.79 Å². The maximum absolute atomic E-state index is 12.2. The number of benzene rings is 1. The second-order valence-electron chi connectivity index (χ2n) is 5.60. The summed E-state index contributed by atoms with van der Waals surface area (Å²) in [6.07, 6.45) is -0.00647. The van der Waals surface area contributed by atoms with E-state index in [1.807, 2.05) is 19.1 Å². The molecule has 120 valence electrons. The molecular weight excluding hydrogens is 352 g/mol. The number of ether oxygens (including phenoxy) is 2. The van der Waals surface area contributed by atoms with Crippen molar-refractivity contribution in [1.82, 2.24) is 10.6 Å². The molecule has 3 rings (SSSR count). The van der Waals surface area contributed by atoms with Crippen molar-refractivity contribution in [3.8, 4) is 11.5 Å². The first-order valence-corrected chi connectivity index (χ1v) is 8.14. The number of rotatable bonds is 3. The monoisotopic (exact) mass is 370 g/mol. The summed E-state index contributed by atoms with van der Waals surface area (Å²) in [6.45, 7) is 3.44. The number of carbonyl (C=O) groups is 1. The van der Waals surface area contributed by atoms with Gasteiger partial charge in [-0.1, -0.05) is 15.9 Å². The summed E-state index contributed by atoms with van der Waals surface area (Å²) in [6, 6.07) is 3.23. The SMILES string of the molecule is C[C@H](NC(=O)[C@H]1C[C@@H](O)CN1)c1cc2c(cc1Br)OCCO2. The Morgan fingerprint density at radius 1 is 1.41 bits per heavy atom. The van der Waals surface area contributed by atoms with Crippen molar-refractivity contribution in [2.45, 2.75) is 31.5 Å². The summed E-state index contributed by atoms with van der Waals surface area (Å²) in [5.41, 5.74) is 0.927. The fourth-order valence-electron chi connectivity index (χ4n) is 2.72. The van der Waals surface area contributed by atoms with E-state index in [0.29, 0.717) is 37.7 Å². The molecule has 0 spiro atoms. The van der Waals surface area contributed by atoms with Crippen LogP contribution in [0, 0.1) is 0 Å². The lowest BCUT2D eigenvalue weighted by Crippen LogP contribution is -2.41. The van der Waals surface area contributed by atoms with Gasteiger partial charge in [0.15, 0.2) is 11.5 Å². The Labute approximate surface area is 137 Å². The van der Waals surface area contributed by atoms with Crippen molar-refractivity contribution in [3.63, 3.8) is 0 Å². The molecule has 0 radical (unpaired) electrons. The van der Waals surface area contributed by atoms with Crippen LogP contribution >= 0.6 is 15.9 Å². The largest absolute Gasteiger partial charge is 0.486 e. The molecule has 0 aliphatic carbocycles. The van der Waals surface area contributed by atoms with Crippen LogP contribution in [0.5, 0.6) is 11.5 Å². The Morgan fingerprint density at radius 3 is 2.73 bits per heavy atom. The van der Waals surface area contributed by atoms with Crippen LogP contribution in [0.3, 0.4) is 0 Å². The van der Waals surface area contributed by atoms with Crippen LogP contribution in [0.2, 0.25) is 0 Å². The second kappa shape index (κ2) is 6.44. The Hall–Kier alpha value is -1.31. The minimum atomic E-state index is -0.452. The molecule has 6 nitrogen and oxygen atoms in total. The van der Waals surface area contributed by atoms with E-state index in [-0.39, 0.29) is 18.0 Å². The first-order chi connectivity index (χ1) is 10.5. The molecule has 1 fully saturated rings. The third-order valence-corrected chi connectivity index (χ3v) is 4.60.